The summed E-state index contributed by atoms with van der Waals surface area (Å²) in [7, 11) is 0. The second kappa shape index (κ2) is 8.22. The van der Waals surface area contributed by atoms with Crippen LogP contribution in [-0.4, -0.2) is 46.2 Å². The number of likely N-dealkylation sites (tertiary alicyclic amines) is 1. The zero-order valence-electron chi connectivity index (χ0n) is 16.1. The molecule has 2 aromatic rings. The fourth-order valence-electron chi connectivity index (χ4n) is 3.16. The Labute approximate surface area is 168 Å². The fraction of sp³-hybridized carbons (Fsp3) is 0.400. The third kappa shape index (κ3) is 3.99. The molecular formula is C20H22ClFN4O2. The first kappa shape index (κ1) is 20.2. The Hall–Kier alpha value is -2.54. The third-order valence-corrected chi connectivity index (χ3v) is 5.17. The first-order chi connectivity index (χ1) is 13.3. The molecule has 3 rings (SSSR count). The van der Waals surface area contributed by atoms with Gasteiger partial charge in [0.25, 0.3) is 5.91 Å². The van der Waals surface area contributed by atoms with E-state index in [2.05, 4.69) is 9.97 Å². The zero-order valence-corrected chi connectivity index (χ0v) is 16.8. The number of hydrogen-bond acceptors (Lipinski definition) is 5. The molecule has 0 radical (unpaired) electrons. The van der Waals surface area contributed by atoms with E-state index >= 15 is 0 Å². The molecule has 148 valence electrons. The Morgan fingerprint density at radius 2 is 2.04 bits per heavy atom. The molecule has 0 saturated carbocycles. The van der Waals surface area contributed by atoms with Crippen LogP contribution in [0.5, 0.6) is 5.75 Å². The van der Waals surface area contributed by atoms with Crippen LogP contribution in [0, 0.1) is 25.1 Å². The molecule has 2 heterocycles. The minimum atomic E-state index is -0.463. The Balaban J connectivity index is 1.85. The normalized spacial score (nSPS) is 16.5. The molecule has 8 heteroatoms. The van der Waals surface area contributed by atoms with E-state index in [0.717, 1.165) is 6.42 Å². The summed E-state index contributed by atoms with van der Waals surface area (Å²) in [4.78, 5) is 23.4. The predicted molar refractivity (Wildman–Crippen MR) is 105 cm³/mol. The van der Waals surface area contributed by atoms with Gasteiger partial charge in [0.2, 0.25) is 0 Å². The summed E-state index contributed by atoms with van der Waals surface area (Å²) in [6.45, 7) is 6.35. The standard InChI is InChI=1S/C20H22ClFN4O2/c1-4-7-28-17-8-13(22)5-6-14(17)20(27)26-9-15(16(23)10-26)19-24-11(2)18(21)12(3)25-19/h5-6,8,15,23H,4,7,9-10H2,1-3H3. The van der Waals surface area contributed by atoms with Gasteiger partial charge in [-0.25, -0.2) is 14.4 Å². The molecule has 1 amide bonds. The van der Waals surface area contributed by atoms with Gasteiger partial charge in [0.05, 0.1) is 41.0 Å². The van der Waals surface area contributed by atoms with Crippen molar-refractivity contribution in [3.63, 3.8) is 0 Å². The third-order valence-electron chi connectivity index (χ3n) is 4.62. The van der Waals surface area contributed by atoms with E-state index in [0.29, 0.717) is 34.6 Å². The minimum Gasteiger partial charge on any atom is -0.493 e. The first-order valence-electron chi connectivity index (χ1n) is 9.11. The van der Waals surface area contributed by atoms with Crippen LogP contribution in [0.3, 0.4) is 0 Å². The summed E-state index contributed by atoms with van der Waals surface area (Å²) in [6, 6.07) is 3.88. The van der Waals surface area contributed by atoms with Gasteiger partial charge >= 0.3 is 0 Å². The van der Waals surface area contributed by atoms with Gasteiger partial charge in [0.15, 0.2) is 0 Å². The van der Waals surface area contributed by atoms with Gasteiger partial charge in [0, 0.05) is 18.3 Å². The number of carbonyl (C=O) groups excluding carboxylic acids is 1. The van der Waals surface area contributed by atoms with E-state index in [1.54, 1.807) is 18.7 Å². The summed E-state index contributed by atoms with van der Waals surface area (Å²) in [5.74, 6) is -0.451. The number of carbonyl (C=O) groups is 1. The van der Waals surface area contributed by atoms with Gasteiger partial charge < -0.3 is 15.0 Å². The average molecular weight is 405 g/mol. The summed E-state index contributed by atoms with van der Waals surface area (Å²) >= 11 is 6.14. The molecule has 1 aliphatic heterocycles. The molecule has 0 aliphatic carbocycles. The van der Waals surface area contributed by atoms with Gasteiger partial charge in [-0.1, -0.05) is 18.5 Å². The van der Waals surface area contributed by atoms with Crippen LogP contribution in [0.2, 0.25) is 5.02 Å². The van der Waals surface area contributed by atoms with E-state index in [-0.39, 0.29) is 36.2 Å². The predicted octanol–water partition coefficient (Wildman–Crippen LogP) is 3.93. The molecule has 1 saturated heterocycles. The molecule has 1 fully saturated rings. The average Bonchev–Trinajstić information content (AvgIpc) is 3.05. The second-order valence-corrected chi connectivity index (χ2v) is 7.20. The number of nitrogens with zero attached hydrogens (tertiary/aromatic N) is 3. The molecule has 1 aromatic carbocycles. The van der Waals surface area contributed by atoms with Crippen molar-refractivity contribution in [2.45, 2.75) is 33.1 Å². The minimum absolute atomic E-state index is 0.165. The molecule has 1 unspecified atom stereocenters. The van der Waals surface area contributed by atoms with E-state index in [1.165, 1.54) is 18.2 Å². The van der Waals surface area contributed by atoms with Crippen molar-refractivity contribution in [2.75, 3.05) is 19.7 Å². The van der Waals surface area contributed by atoms with Crippen LogP contribution in [0.25, 0.3) is 0 Å². The highest BCUT2D eigenvalue weighted by Gasteiger charge is 2.35. The van der Waals surface area contributed by atoms with Crippen LogP contribution >= 0.6 is 11.6 Å². The van der Waals surface area contributed by atoms with E-state index in [1.807, 2.05) is 6.92 Å². The lowest BCUT2D eigenvalue weighted by atomic mass is 10.1. The maximum Gasteiger partial charge on any atom is 0.257 e. The van der Waals surface area contributed by atoms with E-state index in [4.69, 9.17) is 21.7 Å². The maximum atomic E-state index is 13.6. The molecule has 28 heavy (non-hydrogen) atoms. The molecule has 1 aromatic heterocycles. The lowest BCUT2D eigenvalue weighted by Crippen LogP contribution is -2.29. The Morgan fingerprint density at radius 3 is 2.68 bits per heavy atom. The topological polar surface area (TPSA) is 79.2 Å². The van der Waals surface area contributed by atoms with Gasteiger partial charge in [0.1, 0.15) is 17.4 Å². The molecule has 1 N–H and O–H groups in total. The molecule has 0 bridgehead atoms. The van der Waals surface area contributed by atoms with Gasteiger partial charge in [-0.2, -0.15) is 0 Å². The highest BCUT2D eigenvalue weighted by molar-refractivity contribution is 6.31. The number of amides is 1. The monoisotopic (exact) mass is 404 g/mol. The smallest absolute Gasteiger partial charge is 0.257 e. The van der Waals surface area contributed by atoms with Crippen LogP contribution in [-0.2, 0) is 0 Å². The quantitative estimate of drug-likeness (QED) is 0.818. The van der Waals surface area contributed by atoms with E-state index in [9.17, 15) is 9.18 Å². The maximum absolute atomic E-state index is 13.6. The van der Waals surface area contributed by atoms with Gasteiger partial charge in [-0.05, 0) is 32.4 Å². The SMILES string of the molecule is CCCOc1cc(F)ccc1C(=O)N1CC(=N)C(c2nc(C)c(Cl)c(C)n2)C1. The lowest BCUT2D eigenvalue weighted by molar-refractivity contribution is 0.0790. The highest BCUT2D eigenvalue weighted by Crippen LogP contribution is 2.28. The number of ether oxygens (including phenoxy) is 1. The van der Waals surface area contributed by atoms with Crippen LogP contribution in [0.4, 0.5) is 4.39 Å². The molecule has 1 atom stereocenters. The summed E-state index contributed by atoms with van der Waals surface area (Å²) in [5.41, 5.74) is 1.94. The number of hydrogen-bond donors (Lipinski definition) is 1. The number of aryl methyl sites for hydroxylation is 2. The van der Waals surface area contributed by atoms with Crippen LogP contribution < -0.4 is 4.74 Å². The second-order valence-electron chi connectivity index (χ2n) is 6.82. The van der Waals surface area contributed by atoms with Crippen molar-refractivity contribution >= 4 is 23.2 Å². The number of benzene rings is 1. The van der Waals surface area contributed by atoms with Crippen molar-refractivity contribution in [2.24, 2.45) is 0 Å². The summed E-state index contributed by atoms with van der Waals surface area (Å²) < 4.78 is 19.2. The van der Waals surface area contributed by atoms with Gasteiger partial charge in [-0.3, -0.25) is 4.79 Å². The summed E-state index contributed by atoms with van der Waals surface area (Å²) in [5, 5.41) is 8.83. The highest BCUT2D eigenvalue weighted by atomic mass is 35.5. The van der Waals surface area contributed by atoms with Crippen molar-refractivity contribution in [3.05, 3.63) is 51.8 Å². The Kier molecular flexibility index (Phi) is 5.93. The Morgan fingerprint density at radius 1 is 1.36 bits per heavy atom. The molecule has 1 aliphatic rings. The molecule has 6 nitrogen and oxygen atoms in total. The molecule has 0 spiro atoms. The van der Waals surface area contributed by atoms with Crippen molar-refractivity contribution in [1.29, 1.82) is 5.41 Å². The number of nitrogens with one attached hydrogen (secondary N) is 1. The summed E-state index contributed by atoms with van der Waals surface area (Å²) in [6.07, 6.45) is 0.743. The van der Waals surface area contributed by atoms with Crippen molar-refractivity contribution in [3.8, 4) is 5.75 Å². The first-order valence-corrected chi connectivity index (χ1v) is 9.49. The van der Waals surface area contributed by atoms with Crippen molar-refractivity contribution < 1.29 is 13.9 Å². The number of rotatable bonds is 5. The lowest BCUT2D eigenvalue weighted by Gasteiger charge is -2.18. The fourth-order valence-corrected chi connectivity index (χ4v) is 3.25. The van der Waals surface area contributed by atoms with Crippen LogP contribution in [0.1, 0.15) is 46.8 Å². The molecular weight excluding hydrogens is 383 g/mol. The number of aromatic nitrogens is 2. The van der Waals surface area contributed by atoms with Crippen LogP contribution in [0.15, 0.2) is 18.2 Å². The largest absolute Gasteiger partial charge is 0.493 e. The van der Waals surface area contributed by atoms with Crippen molar-refractivity contribution in [1.82, 2.24) is 14.9 Å². The van der Waals surface area contributed by atoms with Gasteiger partial charge in [-0.15, -0.1) is 0 Å². The van der Waals surface area contributed by atoms with E-state index < -0.39 is 5.82 Å². The number of halogens is 2. The zero-order chi connectivity index (χ0) is 20.4. The Bertz CT molecular complexity index is 911.